The Kier molecular flexibility index (Phi) is 4.32. The van der Waals surface area contributed by atoms with Crippen LogP contribution in [0.1, 0.15) is 22.5 Å². The molecule has 0 bridgehead atoms. The number of carbonyl (C=O) groups is 2. The van der Waals surface area contributed by atoms with E-state index < -0.39 is 11.8 Å². The van der Waals surface area contributed by atoms with Crippen molar-refractivity contribution in [2.24, 2.45) is 0 Å². The van der Waals surface area contributed by atoms with Crippen LogP contribution in [-0.4, -0.2) is 56.1 Å². The zero-order valence-electron chi connectivity index (χ0n) is 12.3. The van der Waals surface area contributed by atoms with Crippen molar-refractivity contribution in [1.29, 1.82) is 0 Å². The first-order valence-electron chi connectivity index (χ1n) is 7.13. The van der Waals surface area contributed by atoms with Gasteiger partial charge in [-0.3, -0.25) is 0 Å². The van der Waals surface area contributed by atoms with Crippen LogP contribution in [-0.2, 0) is 14.2 Å². The van der Waals surface area contributed by atoms with Crippen LogP contribution in [0.2, 0.25) is 0 Å². The Hall–Kier alpha value is -1.64. The lowest BCUT2D eigenvalue weighted by Gasteiger charge is -2.37. The van der Waals surface area contributed by atoms with Gasteiger partial charge in [-0.2, -0.15) is 0 Å². The highest BCUT2D eigenvalue weighted by Crippen LogP contribution is 2.31. The minimum atomic E-state index is -0.504. The minimum absolute atomic E-state index is 0.226. The number of methoxy groups -OCH3 is 1. The largest absolute Gasteiger partial charge is 0.465 e. The summed E-state index contributed by atoms with van der Waals surface area (Å²) in [6, 6.07) is 1.47. The van der Waals surface area contributed by atoms with Crippen LogP contribution in [0.5, 0.6) is 0 Å². The topological polar surface area (TPSA) is 77.1 Å². The first-order valence-corrected chi connectivity index (χ1v) is 8.01. The molecule has 0 saturated carbocycles. The second-order valence-corrected chi connectivity index (χ2v) is 6.10. The van der Waals surface area contributed by atoms with Crippen LogP contribution in [0, 0.1) is 0 Å². The number of rotatable bonds is 2. The Labute approximate surface area is 132 Å². The van der Waals surface area contributed by atoms with E-state index in [2.05, 4.69) is 5.32 Å². The van der Waals surface area contributed by atoms with Gasteiger partial charge in [0.25, 0.3) is 0 Å². The highest BCUT2D eigenvalue weighted by atomic mass is 32.1. The molecule has 3 heterocycles. The third kappa shape index (κ3) is 2.94. The maximum absolute atomic E-state index is 12.3. The number of nitrogens with zero attached hydrogens (tertiary/aromatic N) is 1. The molecule has 0 unspecified atom stereocenters. The Morgan fingerprint density at radius 1 is 1.32 bits per heavy atom. The van der Waals surface area contributed by atoms with Crippen molar-refractivity contribution in [3.63, 3.8) is 0 Å². The van der Waals surface area contributed by atoms with Gasteiger partial charge in [-0.25, -0.2) is 9.59 Å². The van der Waals surface area contributed by atoms with Gasteiger partial charge in [0, 0.05) is 25.9 Å². The van der Waals surface area contributed by atoms with Crippen molar-refractivity contribution >= 4 is 29.0 Å². The van der Waals surface area contributed by atoms with Gasteiger partial charge in [-0.05, 0) is 11.4 Å². The van der Waals surface area contributed by atoms with Crippen molar-refractivity contribution in [3.8, 4) is 0 Å². The number of anilines is 1. The van der Waals surface area contributed by atoms with Crippen molar-refractivity contribution in [2.75, 3.05) is 38.7 Å². The van der Waals surface area contributed by atoms with Crippen LogP contribution in [0.3, 0.4) is 0 Å². The third-order valence-corrected chi connectivity index (χ3v) is 4.80. The maximum Gasteiger partial charge on any atom is 0.350 e. The summed E-state index contributed by atoms with van der Waals surface area (Å²) in [5.74, 6) is -0.952. The molecule has 8 heteroatoms. The van der Waals surface area contributed by atoms with E-state index in [0.717, 1.165) is 0 Å². The van der Waals surface area contributed by atoms with Crippen molar-refractivity contribution in [3.05, 3.63) is 16.3 Å². The van der Waals surface area contributed by atoms with Crippen molar-refractivity contribution < 1.29 is 23.8 Å². The molecule has 1 aromatic rings. The molecule has 3 rings (SSSR count). The molecule has 0 atom stereocenters. The molecule has 0 aromatic carbocycles. The average molecular weight is 326 g/mol. The number of carbonyl (C=O) groups excluding carboxylic acids is 2. The molecule has 1 spiro atoms. The number of piperidine rings is 1. The molecule has 0 radical (unpaired) electrons. The predicted octanol–water partition coefficient (Wildman–Crippen LogP) is 1.91. The Balaban J connectivity index is 1.59. The Bertz CT molecular complexity index is 557. The van der Waals surface area contributed by atoms with Crippen LogP contribution in [0.4, 0.5) is 10.5 Å². The second-order valence-electron chi connectivity index (χ2n) is 5.18. The van der Waals surface area contributed by atoms with E-state index in [1.54, 1.807) is 16.3 Å². The number of esters is 1. The minimum Gasteiger partial charge on any atom is -0.465 e. The fourth-order valence-electron chi connectivity index (χ4n) is 2.69. The summed E-state index contributed by atoms with van der Waals surface area (Å²) in [5.41, 5.74) is 0.482. The number of hydrogen-bond acceptors (Lipinski definition) is 6. The number of hydrogen-bond donors (Lipinski definition) is 1. The van der Waals surface area contributed by atoms with E-state index >= 15 is 0 Å². The smallest absolute Gasteiger partial charge is 0.350 e. The van der Waals surface area contributed by atoms with Gasteiger partial charge < -0.3 is 24.4 Å². The Morgan fingerprint density at radius 2 is 2.00 bits per heavy atom. The number of urea groups is 1. The summed E-state index contributed by atoms with van der Waals surface area (Å²) in [6.45, 7) is 2.35. The van der Waals surface area contributed by atoms with Crippen molar-refractivity contribution in [1.82, 2.24) is 4.90 Å². The zero-order valence-corrected chi connectivity index (χ0v) is 13.1. The molecule has 2 aliphatic heterocycles. The summed E-state index contributed by atoms with van der Waals surface area (Å²) in [4.78, 5) is 26.0. The number of ether oxygens (including phenoxy) is 3. The first kappa shape index (κ1) is 15.3. The van der Waals surface area contributed by atoms with Crippen LogP contribution in [0.25, 0.3) is 0 Å². The summed E-state index contributed by atoms with van der Waals surface area (Å²) >= 11 is 1.24. The summed E-state index contributed by atoms with van der Waals surface area (Å²) in [6.07, 6.45) is 1.32. The Morgan fingerprint density at radius 3 is 2.64 bits per heavy atom. The predicted molar refractivity (Wildman–Crippen MR) is 80.1 cm³/mol. The van der Waals surface area contributed by atoms with Gasteiger partial charge in [-0.15, -0.1) is 11.3 Å². The summed E-state index contributed by atoms with van der Waals surface area (Å²) < 4.78 is 16.0. The fourth-order valence-corrected chi connectivity index (χ4v) is 3.45. The molecule has 7 nitrogen and oxygen atoms in total. The molecule has 120 valence electrons. The lowest BCUT2D eigenvalue weighted by atomic mass is 10.0. The lowest BCUT2D eigenvalue weighted by Crippen LogP contribution is -2.48. The van der Waals surface area contributed by atoms with Crippen LogP contribution >= 0.6 is 11.3 Å². The molecule has 22 heavy (non-hydrogen) atoms. The molecule has 2 amide bonds. The normalized spacial score (nSPS) is 20.1. The molecule has 0 aliphatic carbocycles. The van der Waals surface area contributed by atoms with Gasteiger partial charge in [0.2, 0.25) is 0 Å². The summed E-state index contributed by atoms with van der Waals surface area (Å²) in [7, 11) is 1.32. The average Bonchev–Trinajstić information content (AvgIpc) is 3.17. The molecule has 1 aromatic heterocycles. The molecule has 1 N–H and O–H groups in total. The lowest BCUT2D eigenvalue weighted by molar-refractivity contribution is -0.181. The van der Waals surface area contributed by atoms with Gasteiger partial charge in [0.05, 0.1) is 26.0 Å². The van der Waals surface area contributed by atoms with E-state index in [1.807, 2.05) is 0 Å². The van der Waals surface area contributed by atoms with Crippen LogP contribution < -0.4 is 5.32 Å². The second kappa shape index (κ2) is 6.23. The van der Waals surface area contributed by atoms with Gasteiger partial charge in [0.15, 0.2) is 5.79 Å². The molecular weight excluding hydrogens is 308 g/mol. The third-order valence-electron chi connectivity index (χ3n) is 3.90. The van der Waals surface area contributed by atoms with E-state index in [9.17, 15) is 9.59 Å². The number of amides is 2. The maximum atomic E-state index is 12.3. The SMILES string of the molecule is COC(=O)c1sccc1NC(=O)N1CCC2(CC1)OCCO2. The van der Waals surface area contributed by atoms with E-state index in [1.165, 1.54) is 18.4 Å². The van der Waals surface area contributed by atoms with E-state index in [4.69, 9.17) is 14.2 Å². The standard InChI is InChI=1S/C14H18N2O5S/c1-19-12(17)11-10(2-9-22-11)15-13(18)16-5-3-14(4-6-16)20-7-8-21-14/h2,9H,3-8H2,1H3,(H,15,18). The van der Waals surface area contributed by atoms with Gasteiger partial charge >= 0.3 is 12.0 Å². The van der Waals surface area contributed by atoms with E-state index in [-0.39, 0.29) is 6.03 Å². The molecule has 2 aliphatic rings. The number of nitrogens with one attached hydrogen (secondary N) is 1. The quantitative estimate of drug-likeness (QED) is 0.840. The first-order chi connectivity index (χ1) is 10.6. The van der Waals surface area contributed by atoms with Gasteiger partial charge in [-0.1, -0.05) is 0 Å². The monoisotopic (exact) mass is 326 g/mol. The summed E-state index contributed by atoms with van der Waals surface area (Å²) in [5, 5.41) is 4.51. The van der Waals surface area contributed by atoms with Crippen molar-refractivity contribution in [2.45, 2.75) is 18.6 Å². The van der Waals surface area contributed by atoms with Crippen LogP contribution in [0.15, 0.2) is 11.4 Å². The zero-order chi connectivity index (χ0) is 15.6. The highest BCUT2D eigenvalue weighted by Gasteiger charge is 2.40. The van der Waals surface area contributed by atoms with E-state index in [0.29, 0.717) is 49.7 Å². The van der Waals surface area contributed by atoms with Gasteiger partial charge in [0.1, 0.15) is 4.88 Å². The molecule has 2 saturated heterocycles. The highest BCUT2D eigenvalue weighted by molar-refractivity contribution is 7.12. The molecular formula is C14H18N2O5S. The number of likely N-dealkylation sites (tertiary alicyclic amines) is 1. The number of thiophene rings is 1. The molecule has 2 fully saturated rings. The fraction of sp³-hybridized carbons (Fsp3) is 0.571.